The minimum absolute atomic E-state index is 0.329. The molecule has 1 amide bonds. The van der Waals surface area contributed by atoms with Crippen molar-refractivity contribution in [3.63, 3.8) is 0 Å². The van der Waals surface area contributed by atoms with Gasteiger partial charge in [0.05, 0.1) is 11.6 Å². The van der Waals surface area contributed by atoms with Gasteiger partial charge in [0.15, 0.2) is 5.15 Å². The standard InChI is InChI=1S/C13H12ClN3O/c1-8(13(15)18)9-3-2-4-10(7-9)11-5-6-12(14)17-16-11/h2-8H,1H3,(H2,15,18). The molecule has 0 aliphatic carbocycles. The molecule has 5 heteroatoms. The SMILES string of the molecule is CC(C(N)=O)c1cccc(-c2ccc(Cl)nn2)c1. The maximum Gasteiger partial charge on any atom is 0.224 e. The zero-order valence-corrected chi connectivity index (χ0v) is 10.6. The minimum atomic E-state index is -0.352. The highest BCUT2D eigenvalue weighted by molar-refractivity contribution is 6.29. The lowest BCUT2D eigenvalue weighted by Crippen LogP contribution is -2.18. The third-order valence-corrected chi connectivity index (χ3v) is 2.94. The van der Waals surface area contributed by atoms with E-state index in [0.717, 1.165) is 11.1 Å². The molecule has 0 saturated carbocycles. The second kappa shape index (κ2) is 5.14. The molecule has 0 aliphatic rings. The molecule has 0 fully saturated rings. The smallest absolute Gasteiger partial charge is 0.224 e. The molecular formula is C13H12ClN3O. The maximum atomic E-state index is 11.2. The summed E-state index contributed by atoms with van der Waals surface area (Å²) in [6.07, 6.45) is 0. The summed E-state index contributed by atoms with van der Waals surface area (Å²) < 4.78 is 0. The topological polar surface area (TPSA) is 68.9 Å². The number of carbonyl (C=O) groups excluding carboxylic acids is 1. The Labute approximate surface area is 110 Å². The second-order valence-corrected chi connectivity index (χ2v) is 4.38. The average molecular weight is 262 g/mol. The lowest BCUT2D eigenvalue weighted by molar-refractivity contribution is -0.119. The van der Waals surface area contributed by atoms with Crippen LogP contribution in [-0.2, 0) is 4.79 Å². The Bertz CT molecular complexity index is 569. The fourth-order valence-corrected chi connectivity index (χ4v) is 1.70. The molecule has 1 heterocycles. The number of carbonyl (C=O) groups is 1. The van der Waals surface area contributed by atoms with Gasteiger partial charge in [-0.25, -0.2) is 0 Å². The highest BCUT2D eigenvalue weighted by Crippen LogP contribution is 2.22. The van der Waals surface area contributed by atoms with Crippen molar-refractivity contribution in [3.8, 4) is 11.3 Å². The molecular weight excluding hydrogens is 250 g/mol. The van der Waals surface area contributed by atoms with Crippen molar-refractivity contribution in [2.45, 2.75) is 12.8 Å². The van der Waals surface area contributed by atoms with E-state index in [4.69, 9.17) is 17.3 Å². The van der Waals surface area contributed by atoms with Crippen LogP contribution in [0.3, 0.4) is 0 Å². The number of nitrogens with zero attached hydrogens (tertiary/aromatic N) is 2. The molecule has 1 aromatic heterocycles. The summed E-state index contributed by atoms with van der Waals surface area (Å²) in [6.45, 7) is 1.77. The molecule has 4 nitrogen and oxygen atoms in total. The summed E-state index contributed by atoms with van der Waals surface area (Å²) in [6, 6.07) is 11.0. The number of hydrogen-bond donors (Lipinski definition) is 1. The maximum absolute atomic E-state index is 11.2. The Kier molecular flexibility index (Phi) is 3.58. The Morgan fingerprint density at radius 2 is 2.06 bits per heavy atom. The summed E-state index contributed by atoms with van der Waals surface area (Å²) in [4.78, 5) is 11.2. The van der Waals surface area contributed by atoms with E-state index in [2.05, 4.69) is 10.2 Å². The molecule has 1 atom stereocenters. The van der Waals surface area contributed by atoms with Gasteiger partial charge in [-0.1, -0.05) is 29.8 Å². The molecule has 18 heavy (non-hydrogen) atoms. The lowest BCUT2D eigenvalue weighted by Gasteiger charge is -2.09. The quantitative estimate of drug-likeness (QED) is 0.922. The third kappa shape index (κ3) is 2.65. The van der Waals surface area contributed by atoms with E-state index in [1.54, 1.807) is 19.1 Å². The van der Waals surface area contributed by atoms with Crippen molar-refractivity contribution in [1.82, 2.24) is 10.2 Å². The van der Waals surface area contributed by atoms with Crippen molar-refractivity contribution < 1.29 is 4.79 Å². The normalized spacial score (nSPS) is 12.1. The van der Waals surface area contributed by atoms with Gasteiger partial charge in [0, 0.05) is 5.56 Å². The third-order valence-electron chi connectivity index (χ3n) is 2.74. The monoisotopic (exact) mass is 261 g/mol. The molecule has 0 spiro atoms. The molecule has 2 aromatic rings. The molecule has 0 bridgehead atoms. The Balaban J connectivity index is 2.38. The van der Waals surface area contributed by atoms with Crippen LogP contribution in [0.25, 0.3) is 11.3 Å². The van der Waals surface area contributed by atoms with Crippen molar-refractivity contribution >= 4 is 17.5 Å². The first kappa shape index (κ1) is 12.5. The molecule has 0 radical (unpaired) electrons. The van der Waals surface area contributed by atoms with Gasteiger partial charge in [0.1, 0.15) is 0 Å². The second-order valence-electron chi connectivity index (χ2n) is 3.99. The predicted molar refractivity (Wildman–Crippen MR) is 70.1 cm³/mol. The van der Waals surface area contributed by atoms with Gasteiger partial charge in [0.25, 0.3) is 0 Å². The van der Waals surface area contributed by atoms with Crippen molar-refractivity contribution in [2.75, 3.05) is 0 Å². The van der Waals surface area contributed by atoms with Crippen LogP contribution >= 0.6 is 11.6 Å². The van der Waals surface area contributed by atoms with Gasteiger partial charge in [-0.3, -0.25) is 4.79 Å². The fraction of sp³-hybridized carbons (Fsp3) is 0.154. The zero-order chi connectivity index (χ0) is 13.1. The van der Waals surface area contributed by atoms with Crippen molar-refractivity contribution in [1.29, 1.82) is 0 Å². The number of primary amides is 1. The number of aromatic nitrogens is 2. The Morgan fingerprint density at radius 3 is 2.67 bits per heavy atom. The summed E-state index contributed by atoms with van der Waals surface area (Å²) in [5.41, 5.74) is 7.74. The van der Waals surface area contributed by atoms with Crippen molar-refractivity contribution in [3.05, 3.63) is 47.1 Å². The number of nitrogens with two attached hydrogens (primary N) is 1. The van der Waals surface area contributed by atoms with Crippen LogP contribution in [0.15, 0.2) is 36.4 Å². The van der Waals surface area contributed by atoms with E-state index in [1.807, 2.05) is 24.3 Å². The molecule has 0 aliphatic heterocycles. The highest BCUT2D eigenvalue weighted by Gasteiger charge is 2.12. The number of hydrogen-bond acceptors (Lipinski definition) is 3. The van der Waals surface area contributed by atoms with Gasteiger partial charge < -0.3 is 5.73 Å². The van der Waals surface area contributed by atoms with Gasteiger partial charge in [-0.05, 0) is 30.7 Å². The summed E-state index contributed by atoms with van der Waals surface area (Å²) >= 11 is 5.69. The number of amides is 1. The van der Waals surface area contributed by atoms with E-state index < -0.39 is 0 Å². The highest BCUT2D eigenvalue weighted by atomic mass is 35.5. The van der Waals surface area contributed by atoms with Gasteiger partial charge in [0.2, 0.25) is 5.91 Å². The Hall–Kier alpha value is -1.94. The number of benzene rings is 1. The van der Waals surface area contributed by atoms with E-state index in [-0.39, 0.29) is 11.8 Å². The van der Waals surface area contributed by atoms with Crippen LogP contribution in [0, 0.1) is 0 Å². The lowest BCUT2D eigenvalue weighted by atomic mass is 9.97. The molecule has 0 saturated heterocycles. The zero-order valence-electron chi connectivity index (χ0n) is 9.80. The summed E-state index contributed by atoms with van der Waals surface area (Å²) in [5, 5.41) is 8.13. The predicted octanol–water partition coefficient (Wildman–Crippen LogP) is 2.39. The number of rotatable bonds is 3. The van der Waals surface area contributed by atoms with Crippen LogP contribution in [0.4, 0.5) is 0 Å². The van der Waals surface area contributed by atoms with E-state index in [9.17, 15) is 4.79 Å². The van der Waals surface area contributed by atoms with Gasteiger partial charge in [-0.2, -0.15) is 0 Å². The van der Waals surface area contributed by atoms with Crippen LogP contribution in [-0.4, -0.2) is 16.1 Å². The summed E-state index contributed by atoms with van der Waals surface area (Å²) in [7, 11) is 0. The van der Waals surface area contributed by atoms with Crippen LogP contribution < -0.4 is 5.73 Å². The van der Waals surface area contributed by atoms with Crippen LogP contribution in [0.5, 0.6) is 0 Å². The van der Waals surface area contributed by atoms with E-state index in [1.165, 1.54) is 0 Å². The van der Waals surface area contributed by atoms with Gasteiger partial charge >= 0.3 is 0 Å². The van der Waals surface area contributed by atoms with Crippen LogP contribution in [0.2, 0.25) is 5.15 Å². The van der Waals surface area contributed by atoms with E-state index >= 15 is 0 Å². The Morgan fingerprint density at radius 1 is 1.28 bits per heavy atom. The molecule has 1 unspecified atom stereocenters. The van der Waals surface area contributed by atoms with Crippen molar-refractivity contribution in [2.24, 2.45) is 5.73 Å². The first-order chi connectivity index (χ1) is 8.58. The largest absolute Gasteiger partial charge is 0.369 e. The molecule has 2 rings (SSSR count). The average Bonchev–Trinajstić information content (AvgIpc) is 2.38. The minimum Gasteiger partial charge on any atom is -0.369 e. The molecule has 1 aromatic carbocycles. The summed E-state index contributed by atoms with van der Waals surface area (Å²) in [5.74, 6) is -0.681. The molecule has 2 N–H and O–H groups in total. The van der Waals surface area contributed by atoms with Gasteiger partial charge in [-0.15, -0.1) is 10.2 Å². The first-order valence-electron chi connectivity index (χ1n) is 5.47. The van der Waals surface area contributed by atoms with E-state index in [0.29, 0.717) is 10.8 Å². The first-order valence-corrected chi connectivity index (χ1v) is 5.84. The van der Waals surface area contributed by atoms with Crippen LogP contribution in [0.1, 0.15) is 18.4 Å². The fourth-order valence-electron chi connectivity index (χ4n) is 1.60. The molecule has 92 valence electrons. The number of halogens is 1.